The molecule has 4 heterocycles. The van der Waals surface area contributed by atoms with E-state index >= 15 is 0 Å². The normalized spacial score (nSPS) is 13.4. The Balaban J connectivity index is 1.72. The Hall–Kier alpha value is -3.87. The van der Waals surface area contributed by atoms with Crippen LogP contribution in [0.3, 0.4) is 0 Å². The SMILES string of the molecule is Cc1ccc(N2C(=O)c3cnc4c(c(C)nn4-c4ccccn4)c3C2=O)cc1. The van der Waals surface area contributed by atoms with Crippen LogP contribution in [0.25, 0.3) is 16.9 Å². The Morgan fingerprint density at radius 2 is 1.68 bits per heavy atom. The highest BCUT2D eigenvalue weighted by atomic mass is 16.2. The van der Waals surface area contributed by atoms with Crippen LogP contribution in [0.5, 0.6) is 0 Å². The number of aryl methyl sites for hydroxylation is 2. The first kappa shape index (κ1) is 16.3. The molecule has 28 heavy (non-hydrogen) atoms. The molecule has 136 valence electrons. The highest BCUT2D eigenvalue weighted by Gasteiger charge is 2.40. The minimum atomic E-state index is -0.372. The van der Waals surface area contributed by atoms with E-state index in [1.807, 2.05) is 37.3 Å². The predicted octanol–water partition coefficient (Wildman–Crippen LogP) is 3.23. The molecular weight excluding hydrogens is 354 g/mol. The summed E-state index contributed by atoms with van der Waals surface area (Å²) >= 11 is 0. The van der Waals surface area contributed by atoms with Gasteiger partial charge in [-0.05, 0) is 38.1 Å². The number of rotatable bonds is 2. The van der Waals surface area contributed by atoms with Gasteiger partial charge in [0, 0.05) is 12.4 Å². The number of nitrogens with zero attached hydrogens (tertiary/aromatic N) is 5. The molecule has 0 radical (unpaired) electrons. The molecule has 5 rings (SSSR count). The monoisotopic (exact) mass is 369 g/mol. The quantitative estimate of drug-likeness (QED) is 0.507. The molecule has 0 saturated heterocycles. The first-order valence-corrected chi connectivity index (χ1v) is 8.81. The lowest BCUT2D eigenvalue weighted by atomic mass is 10.1. The fourth-order valence-electron chi connectivity index (χ4n) is 3.53. The number of imide groups is 1. The van der Waals surface area contributed by atoms with Gasteiger partial charge >= 0.3 is 0 Å². The second kappa shape index (κ2) is 5.82. The number of carbonyl (C=O) groups is 2. The van der Waals surface area contributed by atoms with E-state index in [0.29, 0.717) is 39.4 Å². The van der Waals surface area contributed by atoms with Crippen molar-refractivity contribution in [2.75, 3.05) is 4.90 Å². The first-order chi connectivity index (χ1) is 13.6. The number of amides is 2. The predicted molar refractivity (Wildman–Crippen MR) is 104 cm³/mol. The Labute approximate surface area is 160 Å². The maximum atomic E-state index is 13.2. The molecule has 0 N–H and O–H groups in total. The van der Waals surface area contributed by atoms with E-state index in [1.54, 1.807) is 29.9 Å². The van der Waals surface area contributed by atoms with Gasteiger partial charge in [0.15, 0.2) is 11.5 Å². The first-order valence-electron chi connectivity index (χ1n) is 8.81. The van der Waals surface area contributed by atoms with Crippen molar-refractivity contribution in [1.82, 2.24) is 19.7 Å². The molecule has 0 bridgehead atoms. The van der Waals surface area contributed by atoms with Crippen LogP contribution in [0, 0.1) is 13.8 Å². The average molecular weight is 369 g/mol. The zero-order chi connectivity index (χ0) is 19.4. The lowest BCUT2D eigenvalue weighted by molar-refractivity contribution is 0.0926. The molecule has 2 amide bonds. The standard InChI is InChI=1S/C21H15N5O2/c1-12-6-8-14(9-7-12)25-20(27)15-11-23-19-17(18(15)21(25)28)13(2)24-26(19)16-5-3-4-10-22-16/h3-11H,1-2H3. The molecular formula is C21H15N5O2. The van der Waals surface area contributed by atoms with Crippen molar-refractivity contribution in [2.24, 2.45) is 0 Å². The summed E-state index contributed by atoms with van der Waals surface area (Å²) in [7, 11) is 0. The van der Waals surface area contributed by atoms with E-state index in [1.165, 1.54) is 11.1 Å². The lowest BCUT2D eigenvalue weighted by Gasteiger charge is -2.13. The van der Waals surface area contributed by atoms with Crippen molar-refractivity contribution in [3.8, 4) is 5.82 Å². The van der Waals surface area contributed by atoms with Gasteiger partial charge in [0.25, 0.3) is 11.8 Å². The van der Waals surface area contributed by atoms with Crippen molar-refractivity contribution >= 4 is 28.5 Å². The van der Waals surface area contributed by atoms with Gasteiger partial charge in [-0.25, -0.2) is 14.9 Å². The van der Waals surface area contributed by atoms with Gasteiger partial charge in [0.1, 0.15) is 0 Å². The van der Waals surface area contributed by atoms with Gasteiger partial charge in [0.05, 0.1) is 27.9 Å². The van der Waals surface area contributed by atoms with E-state index in [0.717, 1.165) is 5.56 Å². The molecule has 7 heteroatoms. The number of hydrogen-bond acceptors (Lipinski definition) is 5. The fourth-order valence-corrected chi connectivity index (χ4v) is 3.53. The maximum Gasteiger partial charge on any atom is 0.267 e. The van der Waals surface area contributed by atoms with Crippen LogP contribution in [0.15, 0.2) is 54.9 Å². The van der Waals surface area contributed by atoms with E-state index < -0.39 is 0 Å². The lowest BCUT2D eigenvalue weighted by Crippen LogP contribution is -2.29. The molecule has 0 saturated carbocycles. The Morgan fingerprint density at radius 3 is 2.39 bits per heavy atom. The summed E-state index contributed by atoms with van der Waals surface area (Å²) in [5, 5.41) is 5.10. The van der Waals surface area contributed by atoms with Gasteiger partial charge in [0.2, 0.25) is 0 Å². The number of benzene rings is 1. The van der Waals surface area contributed by atoms with E-state index in [4.69, 9.17) is 0 Å². The van der Waals surface area contributed by atoms with Crippen LogP contribution >= 0.6 is 0 Å². The van der Waals surface area contributed by atoms with Crippen molar-refractivity contribution < 1.29 is 9.59 Å². The van der Waals surface area contributed by atoms with Gasteiger partial charge < -0.3 is 0 Å². The second-order valence-electron chi connectivity index (χ2n) is 6.71. The summed E-state index contributed by atoms with van der Waals surface area (Å²) in [6.45, 7) is 3.75. The molecule has 0 fully saturated rings. The fraction of sp³-hybridized carbons (Fsp3) is 0.0952. The highest BCUT2D eigenvalue weighted by molar-refractivity contribution is 6.37. The van der Waals surface area contributed by atoms with Crippen molar-refractivity contribution in [1.29, 1.82) is 0 Å². The van der Waals surface area contributed by atoms with Crippen molar-refractivity contribution in [2.45, 2.75) is 13.8 Å². The zero-order valence-corrected chi connectivity index (χ0v) is 15.2. The van der Waals surface area contributed by atoms with Gasteiger partial charge in [-0.1, -0.05) is 23.8 Å². The van der Waals surface area contributed by atoms with Crippen molar-refractivity contribution in [3.05, 3.63) is 77.2 Å². The number of carbonyl (C=O) groups excluding carboxylic acids is 2. The average Bonchev–Trinajstić information content (AvgIpc) is 3.18. The van der Waals surface area contributed by atoms with Crippen LogP contribution in [0.1, 0.15) is 32.0 Å². The van der Waals surface area contributed by atoms with Crippen molar-refractivity contribution in [3.63, 3.8) is 0 Å². The Kier molecular flexibility index (Phi) is 3.39. The summed E-state index contributed by atoms with van der Waals surface area (Å²) in [6, 6.07) is 12.8. The molecule has 4 aromatic rings. The summed E-state index contributed by atoms with van der Waals surface area (Å²) in [4.78, 5) is 36.1. The third kappa shape index (κ3) is 2.19. The molecule has 0 atom stereocenters. The van der Waals surface area contributed by atoms with Gasteiger partial charge in [-0.3, -0.25) is 9.59 Å². The van der Waals surface area contributed by atoms with Gasteiger partial charge in [-0.15, -0.1) is 0 Å². The highest BCUT2D eigenvalue weighted by Crippen LogP contribution is 2.34. The van der Waals surface area contributed by atoms with E-state index in [2.05, 4.69) is 15.1 Å². The summed E-state index contributed by atoms with van der Waals surface area (Å²) in [5.41, 5.74) is 3.35. The number of aromatic nitrogens is 4. The molecule has 1 aliphatic heterocycles. The summed E-state index contributed by atoms with van der Waals surface area (Å²) in [6.07, 6.45) is 3.12. The van der Waals surface area contributed by atoms with Gasteiger partial charge in [-0.2, -0.15) is 9.78 Å². The second-order valence-corrected chi connectivity index (χ2v) is 6.71. The number of anilines is 1. The number of pyridine rings is 2. The van der Waals surface area contributed by atoms with Crippen LogP contribution in [-0.4, -0.2) is 31.6 Å². The minimum absolute atomic E-state index is 0.293. The third-order valence-electron chi connectivity index (χ3n) is 4.88. The minimum Gasteiger partial charge on any atom is -0.268 e. The third-order valence-corrected chi connectivity index (χ3v) is 4.88. The maximum absolute atomic E-state index is 13.2. The Morgan fingerprint density at radius 1 is 0.893 bits per heavy atom. The molecule has 1 aromatic carbocycles. The van der Waals surface area contributed by atoms with Crippen LogP contribution in [0.4, 0.5) is 5.69 Å². The summed E-state index contributed by atoms with van der Waals surface area (Å²) in [5.74, 6) is -0.136. The number of hydrogen-bond donors (Lipinski definition) is 0. The summed E-state index contributed by atoms with van der Waals surface area (Å²) < 4.78 is 1.59. The number of fused-ring (bicyclic) bond motifs is 3. The van der Waals surface area contributed by atoms with Crippen LogP contribution in [-0.2, 0) is 0 Å². The smallest absolute Gasteiger partial charge is 0.267 e. The van der Waals surface area contributed by atoms with Crippen LogP contribution < -0.4 is 4.90 Å². The molecule has 7 nitrogen and oxygen atoms in total. The Bertz CT molecular complexity index is 1260. The van der Waals surface area contributed by atoms with E-state index in [9.17, 15) is 9.59 Å². The van der Waals surface area contributed by atoms with E-state index in [-0.39, 0.29) is 11.8 Å². The molecule has 0 spiro atoms. The largest absolute Gasteiger partial charge is 0.268 e. The van der Waals surface area contributed by atoms with Crippen LogP contribution in [0.2, 0.25) is 0 Å². The molecule has 3 aromatic heterocycles. The topological polar surface area (TPSA) is 81.0 Å². The molecule has 0 aliphatic carbocycles. The zero-order valence-electron chi connectivity index (χ0n) is 15.2. The molecule has 1 aliphatic rings. The molecule has 0 unspecified atom stereocenters.